The Balaban J connectivity index is 1.43. The summed E-state index contributed by atoms with van der Waals surface area (Å²) in [5.74, 6) is 2.04. The molecule has 2 saturated heterocycles. The normalized spacial score (nSPS) is 20.2. The maximum absolute atomic E-state index is 5.58. The summed E-state index contributed by atoms with van der Waals surface area (Å²) in [6, 6.07) is 13.5. The first kappa shape index (κ1) is 25.4. The second kappa shape index (κ2) is 9.37. The van der Waals surface area contributed by atoms with Crippen molar-refractivity contribution < 1.29 is 4.74 Å². The number of ether oxygens (including phenoxy) is 1. The first-order valence-electron chi connectivity index (χ1n) is 14.3. The van der Waals surface area contributed by atoms with Gasteiger partial charge in [0.05, 0.1) is 18.9 Å². The SMILES string of the molecule is Cc1ccc(C2(C)COC2)cc1N1CCc2nc(-c3c(C)cccc3C)nc(N3CCCC(C)(C)C3)c2C1. The van der Waals surface area contributed by atoms with Crippen molar-refractivity contribution >= 4 is 11.5 Å². The second-order valence-corrected chi connectivity index (χ2v) is 13.0. The van der Waals surface area contributed by atoms with Crippen LogP contribution in [0.3, 0.4) is 0 Å². The standard InChI is InChI=1S/C33H42N4O/c1-22-11-12-25(33(6)20-38-21-33)17-28(22)36-16-13-27-26(18-36)31(37-15-8-14-32(4,5)19-37)35-30(34-27)29-23(2)9-7-10-24(29)3/h7,9-12,17H,8,13-16,18-21H2,1-6H3. The Hall–Kier alpha value is -2.92. The first-order chi connectivity index (χ1) is 18.1. The van der Waals surface area contributed by atoms with Crippen LogP contribution in [0.4, 0.5) is 11.5 Å². The summed E-state index contributed by atoms with van der Waals surface area (Å²) in [7, 11) is 0. The van der Waals surface area contributed by atoms with Crippen LogP contribution in [0.1, 0.15) is 67.1 Å². The molecule has 3 aromatic rings. The summed E-state index contributed by atoms with van der Waals surface area (Å²) >= 11 is 0. The first-order valence-corrected chi connectivity index (χ1v) is 14.3. The molecular weight excluding hydrogens is 468 g/mol. The number of hydrogen-bond acceptors (Lipinski definition) is 5. The van der Waals surface area contributed by atoms with Gasteiger partial charge >= 0.3 is 0 Å². The van der Waals surface area contributed by atoms with Gasteiger partial charge in [0.2, 0.25) is 0 Å². The van der Waals surface area contributed by atoms with Gasteiger partial charge in [-0.05, 0) is 67.3 Å². The molecule has 3 aliphatic rings. The Morgan fingerprint density at radius 3 is 2.32 bits per heavy atom. The highest BCUT2D eigenvalue weighted by Gasteiger charge is 2.36. The zero-order valence-electron chi connectivity index (χ0n) is 24.0. The van der Waals surface area contributed by atoms with Crippen molar-refractivity contribution in [2.75, 3.05) is 42.6 Å². The van der Waals surface area contributed by atoms with Crippen LogP contribution in [-0.4, -0.2) is 42.8 Å². The summed E-state index contributed by atoms with van der Waals surface area (Å²) in [5, 5.41) is 0. The molecule has 5 heteroatoms. The minimum Gasteiger partial charge on any atom is -0.379 e. The lowest BCUT2D eigenvalue weighted by molar-refractivity contribution is -0.0499. The molecule has 0 bridgehead atoms. The summed E-state index contributed by atoms with van der Waals surface area (Å²) < 4.78 is 5.58. The monoisotopic (exact) mass is 510 g/mol. The predicted octanol–water partition coefficient (Wildman–Crippen LogP) is 6.55. The third kappa shape index (κ3) is 4.49. The third-order valence-electron chi connectivity index (χ3n) is 9.03. The Morgan fingerprint density at radius 1 is 0.868 bits per heavy atom. The van der Waals surface area contributed by atoms with Gasteiger partial charge in [-0.3, -0.25) is 0 Å². The van der Waals surface area contributed by atoms with Crippen molar-refractivity contribution in [2.24, 2.45) is 5.41 Å². The van der Waals surface area contributed by atoms with Crippen LogP contribution in [0.15, 0.2) is 36.4 Å². The Morgan fingerprint density at radius 2 is 1.63 bits per heavy atom. The second-order valence-electron chi connectivity index (χ2n) is 13.0. The number of hydrogen-bond donors (Lipinski definition) is 0. The van der Waals surface area contributed by atoms with Crippen molar-refractivity contribution in [3.63, 3.8) is 0 Å². The molecule has 0 amide bonds. The van der Waals surface area contributed by atoms with Crippen molar-refractivity contribution in [3.05, 3.63) is 69.9 Å². The van der Waals surface area contributed by atoms with Crippen LogP contribution in [0, 0.1) is 26.2 Å². The van der Waals surface area contributed by atoms with Gasteiger partial charge in [0.15, 0.2) is 5.82 Å². The number of aromatic nitrogens is 2. The summed E-state index contributed by atoms with van der Waals surface area (Å²) in [4.78, 5) is 15.7. The van der Waals surface area contributed by atoms with Crippen molar-refractivity contribution in [1.29, 1.82) is 0 Å². The number of nitrogens with zero attached hydrogens (tertiary/aromatic N) is 4. The van der Waals surface area contributed by atoms with E-state index in [4.69, 9.17) is 14.7 Å². The smallest absolute Gasteiger partial charge is 0.162 e. The Kier molecular flexibility index (Phi) is 6.26. The van der Waals surface area contributed by atoms with E-state index in [1.807, 2.05) is 0 Å². The van der Waals surface area contributed by atoms with Crippen molar-refractivity contribution in [1.82, 2.24) is 9.97 Å². The maximum Gasteiger partial charge on any atom is 0.162 e. The van der Waals surface area contributed by atoms with E-state index in [0.29, 0.717) is 0 Å². The number of aryl methyl sites for hydroxylation is 3. The number of rotatable bonds is 4. The molecule has 0 N–H and O–H groups in total. The average molecular weight is 511 g/mol. The molecule has 3 aliphatic heterocycles. The van der Waals surface area contributed by atoms with E-state index in [1.165, 1.54) is 57.6 Å². The van der Waals surface area contributed by atoms with Gasteiger partial charge in [-0.25, -0.2) is 9.97 Å². The summed E-state index contributed by atoms with van der Waals surface area (Å²) in [5.41, 5.74) is 10.7. The third-order valence-corrected chi connectivity index (χ3v) is 9.03. The van der Waals surface area contributed by atoms with Crippen LogP contribution in [0.5, 0.6) is 0 Å². The topological polar surface area (TPSA) is 41.5 Å². The van der Waals surface area contributed by atoms with E-state index in [-0.39, 0.29) is 10.8 Å². The predicted molar refractivity (Wildman–Crippen MR) is 156 cm³/mol. The van der Waals surface area contributed by atoms with Crippen LogP contribution in [0.2, 0.25) is 0 Å². The fourth-order valence-electron chi connectivity index (χ4n) is 6.65. The highest BCUT2D eigenvalue weighted by atomic mass is 16.5. The molecule has 4 heterocycles. The fraction of sp³-hybridized carbons (Fsp3) is 0.515. The van der Waals surface area contributed by atoms with Gasteiger partial charge < -0.3 is 14.5 Å². The van der Waals surface area contributed by atoms with Crippen LogP contribution < -0.4 is 9.80 Å². The molecule has 0 aliphatic carbocycles. The van der Waals surface area contributed by atoms with E-state index >= 15 is 0 Å². The number of anilines is 2. The van der Waals surface area contributed by atoms with Gasteiger partial charge in [0.1, 0.15) is 5.82 Å². The maximum atomic E-state index is 5.58. The molecule has 0 saturated carbocycles. The molecule has 0 atom stereocenters. The molecule has 200 valence electrons. The minimum absolute atomic E-state index is 0.129. The van der Waals surface area contributed by atoms with E-state index in [1.54, 1.807) is 0 Å². The molecule has 0 spiro atoms. The average Bonchev–Trinajstić information content (AvgIpc) is 2.86. The quantitative estimate of drug-likeness (QED) is 0.398. The lowest BCUT2D eigenvalue weighted by Crippen LogP contribution is -2.44. The summed E-state index contributed by atoms with van der Waals surface area (Å²) in [6.07, 6.45) is 3.40. The molecule has 38 heavy (non-hydrogen) atoms. The molecule has 1 aromatic heterocycles. The van der Waals surface area contributed by atoms with Gasteiger partial charge in [-0.15, -0.1) is 0 Å². The molecule has 0 unspecified atom stereocenters. The van der Waals surface area contributed by atoms with Crippen molar-refractivity contribution in [3.8, 4) is 11.4 Å². The van der Waals surface area contributed by atoms with Crippen LogP contribution in [-0.2, 0) is 23.1 Å². The molecular formula is C33H42N4O. The lowest BCUT2D eigenvalue weighted by Gasteiger charge is -2.42. The lowest BCUT2D eigenvalue weighted by atomic mass is 9.80. The minimum atomic E-state index is 0.129. The summed E-state index contributed by atoms with van der Waals surface area (Å²) in [6.45, 7) is 19.2. The number of benzene rings is 2. The molecule has 5 nitrogen and oxygen atoms in total. The zero-order valence-corrected chi connectivity index (χ0v) is 24.0. The highest BCUT2D eigenvalue weighted by Crippen LogP contribution is 2.39. The van der Waals surface area contributed by atoms with Crippen molar-refractivity contribution in [2.45, 2.75) is 72.8 Å². The van der Waals surface area contributed by atoms with Crippen LogP contribution >= 0.6 is 0 Å². The molecule has 2 aromatic carbocycles. The van der Waals surface area contributed by atoms with E-state index in [0.717, 1.165) is 57.5 Å². The van der Waals surface area contributed by atoms with Gasteiger partial charge in [-0.2, -0.15) is 0 Å². The van der Waals surface area contributed by atoms with Gasteiger partial charge in [0.25, 0.3) is 0 Å². The Bertz CT molecular complexity index is 1350. The van der Waals surface area contributed by atoms with Gasteiger partial charge in [-0.1, -0.05) is 51.1 Å². The van der Waals surface area contributed by atoms with Crippen LogP contribution in [0.25, 0.3) is 11.4 Å². The van der Waals surface area contributed by atoms with Gasteiger partial charge in [0, 0.05) is 54.8 Å². The fourth-order valence-corrected chi connectivity index (χ4v) is 6.65. The van der Waals surface area contributed by atoms with E-state index in [2.05, 4.69) is 87.7 Å². The number of fused-ring (bicyclic) bond motifs is 1. The van der Waals surface area contributed by atoms with E-state index in [9.17, 15) is 0 Å². The molecule has 2 fully saturated rings. The molecule has 6 rings (SSSR count). The molecule has 0 radical (unpaired) electrons. The Labute approximate surface area is 228 Å². The largest absolute Gasteiger partial charge is 0.379 e. The highest BCUT2D eigenvalue weighted by molar-refractivity contribution is 5.68. The number of piperidine rings is 1. The van der Waals surface area contributed by atoms with E-state index < -0.39 is 0 Å². The zero-order chi connectivity index (χ0) is 26.7.